The smallest absolute Gasteiger partial charge is 0.319 e. The van der Waals surface area contributed by atoms with E-state index in [-0.39, 0.29) is 24.6 Å². The van der Waals surface area contributed by atoms with Crippen LogP contribution < -0.4 is 10.6 Å². The summed E-state index contributed by atoms with van der Waals surface area (Å²) >= 11 is 0. The number of amides is 2. The van der Waals surface area contributed by atoms with Gasteiger partial charge in [-0.05, 0) is 25.3 Å². The number of carbonyl (C=O) groups excluding carboxylic acids is 2. The van der Waals surface area contributed by atoms with E-state index in [0.29, 0.717) is 0 Å². The van der Waals surface area contributed by atoms with Crippen LogP contribution in [-0.4, -0.2) is 24.6 Å². The molecule has 122 valence electrons. The van der Waals surface area contributed by atoms with Crippen molar-refractivity contribution in [3.8, 4) is 0 Å². The second-order valence-electron chi connectivity index (χ2n) is 5.75. The largest absolute Gasteiger partial charge is 0.463 e. The summed E-state index contributed by atoms with van der Waals surface area (Å²) in [5.41, 5.74) is 0.734. The van der Waals surface area contributed by atoms with Crippen LogP contribution in [0.2, 0.25) is 0 Å². The highest BCUT2D eigenvalue weighted by Crippen LogP contribution is 2.22. The molecular weight excluding hydrogens is 292 g/mol. The van der Waals surface area contributed by atoms with Crippen molar-refractivity contribution in [3.05, 3.63) is 42.5 Å². The van der Waals surface area contributed by atoms with Crippen LogP contribution in [0.25, 0.3) is 10.8 Å². The van der Waals surface area contributed by atoms with Gasteiger partial charge in [0.1, 0.15) is 0 Å². The molecule has 0 saturated heterocycles. The number of benzene rings is 2. The van der Waals surface area contributed by atoms with E-state index in [2.05, 4.69) is 10.6 Å². The minimum absolute atomic E-state index is 0.158. The molecule has 5 heteroatoms. The van der Waals surface area contributed by atoms with Crippen molar-refractivity contribution in [1.82, 2.24) is 5.32 Å². The Morgan fingerprint density at radius 1 is 1.04 bits per heavy atom. The fourth-order valence-electron chi connectivity index (χ4n) is 2.18. The Hall–Kier alpha value is -2.56. The van der Waals surface area contributed by atoms with Crippen LogP contribution in [0.3, 0.4) is 0 Å². The fraction of sp³-hybridized carbons (Fsp3) is 0.333. The van der Waals surface area contributed by atoms with Crippen LogP contribution in [0.5, 0.6) is 0 Å². The van der Waals surface area contributed by atoms with E-state index in [0.717, 1.165) is 16.5 Å². The summed E-state index contributed by atoms with van der Waals surface area (Å²) in [4.78, 5) is 23.7. The van der Waals surface area contributed by atoms with Gasteiger partial charge in [-0.2, -0.15) is 0 Å². The van der Waals surface area contributed by atoms with E-state index in [1.807, 2.05) is 42.5 Å². The van der Waals surface area contributed by atoms with E-state index < -0.39 is 5.92 Å². The van der Waals surface area contributed by atoms with Gasteiger partial charge < -0.3 is 15.4 Å². The van der Waals surface area contributed by atoms with Gasteiger partial charge in [-0.3, -0.25) is 4.79 Å². The van der Waals surface area contributed by atoms with Crippen molar-refractivity contribution in [2.75, 3.05) is 11.9 Å². The van der Waals surface area contributed by atoms with Crippen molar-refractivity contribution in [1.29, 1.82) is 0 Å². The maximum atomic E-state index is 12.0. The summed E-state index contributed by atoms with van der Waals surface area (Å²) in [6, 6.07) is 13.2. The summed E-state index contributed by atoms with van der Waals surface area (Å²) in [5.74, 6) is -0.707. The lowest BCUT2D eigenvalue weighted by molar-refractivity contribution is -0.151. The number of ether oxygens (including phenoxy) is 1. The average molecular weight is 314 g/mol. The molecule has 0 saturated carbocycles. The van der Waals surface area contributed by atoms with Crippen LogP contribution in [0.4, 0.5) is 10.5 Å². The van der Waals surface area contributed by atoms with Crippen LogP contribution in [0.1, 0.15) is 20.8 Å². The van der Waals surface area contributed by atoms with E-state index in [1.165, 1.54) is 0 Å². The molecule has 0 aromatic heterocycles. The summed E-state index contributed by atoms with van der Waals surface area (Å²) in [7, 11) is 0. The van der Waals surface area contributed by atoms with Gasteiger partial charge in [-0.1, -0.05) is 43.3 Å². The third kappa shape index (κ3) is 4.71. The topological polar surface area (TPSA) is 67.4 Å². The SMILES string of the molecule is CC(C)OC(=O)[C@@H](C)CNC(=O)Nc1cccc2ccccc12. The third-order valence-corrected chi connectivity index (χ3v) is 3.36. The zero-order valence-electron chi connectivity index (χ0n) is 13.6. The number of esters is 1. The van der Waals surface area contributed by atoms with Crippen molar-refractivity contribution in [2.24, 2.45) is 5.92 Å². The van der Waals surface area contributed by atoms with Crippen LogP contribution in [-0.2, 0) is 9.53 Å². The summed E-state index contributed by atoms with van der Waals surface area (Å²) in [6.45, 7) is 5.54. The van der Waals surface area contributed by atoms with Crippen LogP contribution in [0.15, 0.2) is 42.5 Å². The van der Waals surface area contributed by atoms with Crippen molar-refractivity contribution >= 4 is 28.5 Å². The van der Waals surface area contributed by atoms with Crippen LogP contribution >= 0.6 is 0 Å². The van der Waals surface area contributed by atoms with Gasteiger partial charge >= 0.3 is 12.0 Å². The number of carbonyl (C=O) groups is 2. The quantitative estimate of drug-likeness (QED) is 0.829. The molecule has 23 heavy (non-hydrogen) atoms. The number of rotatable bonds is 5. The van der Waals surface area contributed by atoms with Gasteiger partial charge in [0.15, 0.2) is 0 Å². The predicted molar refractivity (Wildman–Crippen MR) is 91.4 cm³/mol. The highest BCUT2D eigenvalue weighted by atomic mass is 16.5. The first-order chi connectivity index (χ1) is 11.0. The molecule has 2 N–H and O–H groups in total. The second-order valence-corrected chi connectivity index (χ2v) is 5.75. The molecule has 5 nitrogen and oxygen atoms in total. The molecule has 2 amide bonds. The zero-order valence-corrected chi connectivity index (χ0v) is 13.6. The Kier molecular flexibility index (Phi) is 5.57. The lowest BCUT2D eigenvalue weighted by atomic mass is 10.1. The Labute approximate surface area is 136 Å². The monoisotopic (exact) mass is 314 g/mol. The number of fused-ring (bicyclic) bond motifs is 1. The van der Waals surface area contributed by atoms with E-state index in [9.17, 15) is 9.59 Å². The van der Waals surface area contributed by atoms with Gasteiger partial charge in [0.25, 0.3) is 0 Å². The normalized spacial score (nSPS) is 12.0. The lowest BCUT2D eigenvalue weighted by Crippen LogP contribution is -2.35. The zero-order chi connectivity index (χ0) is 16.8. The first-order valence-electron chi connectivity index (χ1n) is 7.70. The highest BCUT2D eigenvalue weighted by Gasteiger charge is 2.16. The molecule has 0 radical (unpaired) electrons. The van der Waals surface area contributed by atoms with Crippen LogP contribution in [0, 0.1) is 5.92 Å². The number of nitrogens with one attached hydrogen (secondary N) is 2. The lowest BCUT2D eigenvalue weighted by Gasteiger charge is -2.15. The van der Waals surface area contributed by atoms with Gasteiger partial charge in [-0.15, -0.1) is 0 Å². The molecular formula is C18H22N2O3. The Bertz CT molecular complexity index is 692. The number of urea groups is 1. The van der Waals surface area contributed by atoms with E-state index in [4.69, 9.17) is 4.74 Å². The molecule has 1 atom stereocenters. The minimum Gasteiger partial charge on any atom is -0.463 e. The first kappa shape index (κ1) is 16.8. The number of hydrogen-bond acceptors (Lipinski definition) is 3. The molecule has 0 aliphatic heterocycles. The third-order valence-electron chi connectivity index (χ3n) is 3.36. The first-order valence-corrected chi connectivity index (χ1v) is 7.70. The maximum absolute atomic E-state index is 12.0. The second kappa shape index (κ2) is 7.63. The standard InChI is InChI=1S/C18H22N2O3/c1-12(2)23-17(21)13(3)11-19-18(22)20-16-10-6-8-14-7-4-5-9-15(14)16/h4-10,12-13H,11H2,1-3H3,(H2,19,20,22)/t13-/m0/s1. The molecule has 0 spiro atoms. The molecule has 0 aliphatic carbocycles. The maximum Gasteiger partial charge on any atom is 0.319 e. The number of anilines is 1. The summed E-state index contributed by atoms with van der Waals surface area (Å²) < 4.78 is 5.11. The molecule has 2 aromatic carbocycles. The Morgan fingerprint density at radius 3 is 2.48 bits per heavy atom. The predicted octanol–water partition coefficient (Wildman–Crippen LogP) is 3.55. The summed E-state index contributed by atoms with van der Waals surface area (Å²) in [5, 5.41) is 7.54. The Morgan fingerprint density at radius 2 is 1.74 bits per heavy atom. The average Bonchev–Trinajstić information content (AvgIpc) is 2.52. The molecule has 0 aliphatic rings. The Balaban J connectivity index is 1.93. The summed E-state index contributed by atoms with van der Waals surface area (Å²) in [6.07, 6.45) is -0.158. The van der Waals surface area contributed by atoms with Crippen molar-refractivity contribution < 1.29 is 14.3 Å². The molecule has 2 rings (SSSR count). The van der Waals surface area contributed by atoms with Gasteiger partial charge in [-0.25, -0.2) is 4.79 Å². The molecule has 0 unspecified atom stereocenters. The van der Waals surface area contributed by atoms with Gasteiger partial charge in [0.2, 0.25) is 0 Å². The fourth-order valence-corrected chi connectivity index (χ4v) is 2.18. The van der Waals surface area contributed by atoms with Gasteiger partial charge in [0.05, 0.1) is 17.7 Å². The minimum atomic E-state index is -0.393. The molecule has 0 heterocycles. The van der Waals surface area contributed by atoms with E-state index in [1.54, 1.807) is 20.8 Å². The molecule has 0 fully saturated rings. The molecule has 0 bridgehead atoms. The van der Waals surface area contributed by atoms with Crippen molar-refractivity contribution in [3.63, 3.8) is 0 Å². The van der Waals surface area contributed by atoms with Gasteiger partial charge in [0, 0.05) is 11.9 Å². The van der Waals surface area contributed by atoms with Crippen molar-refractivity contribution in [2.45, 2.75) is 26.9 Å². The molecule has 2 aromatic rings. The van der Waals surface area contributed by atoms with E-state index >= 15 is 0 Å². The number of hydrogen-bond donors (Lipinski definition) is 2. The highest BCUT2D eigenvalue weighted by molar-refractivity contribution is 6.01.